The minimum absolute atomic E-state index is 0.0106. The zero-order chi connectivity index (χ0) is 25.8. The highest BCUT2D eigenvalue weighted by molar-refractivity contribution is 6.04. The number of nitrogens with one attached hydrogen (secondary N) is 2. The standard InChI is InChI=1S/C28H29FN4O4/c29-20-10-11-25-24(16-20)31-28(36)33(25)21-12-14-32(15-13-21)17-22(34)18-37-26-9-5-4-8-23(26)30-27(35)19-6-2-1-3-7-19/h1-11,16,21-22,34H,12-15,17-18H2,(H,30,35)(H,31,36). The van der Waals surface area contributed by atoms with Crippen LogP contribution in [-0.4, -0.2) is 57.8 Å². The second-order valence-electron chi connectivity index (χ2n) is 9.27. The zero-order valence-corrected chi connectivity index (χ0v) is 20.3. The lowest BCUT2D eigenvalue weighted by atomic mass is 10.0. The van der Waals surface area contributed by atoms with Gasteiger partial charge in [0.1, 0.15) is 24.3 Å². The number of hydrogen-bond donors (Lipinski definition) is 3. The van der Waals surface area contributed by atoms with Crippen molar-refractivity contribution in [1.82, 2.24) is 14.5 Å². The first-order valence-electron chi connectivity index (χ1n) is 12.4. The van der Waals surface area contributed by atoms with Crippen molar-refractivity contribution < 1.29 is 19.0 Å². The molecule has 1 aromatic heterocycles. The van der Waals surface area contributed by atoms with E-state index in [1.807, 2.05) is 18.2 Å². The molecular weight excluding hydrogens is 475 g/mol. The van der Waals surface area contributed by atoms with Gasteiger partial charge >= 0.3 is 5.69 Å². The number of nitrogens with zero attached hydrogens (tertiary/aromatic N) is 2. The molecule has 8 nitrogen and oxygen atoms in total. The molecule has 1 unspecified atom stereocenters. The van der Waals surface area contributed by atoms with Crippen LogP contribution in [0.25, 0.3) is 11.0 Å². The number of ether oxygens (including phenoxy) is 1. The molecule has 1 aliphatic rings. The topological polar surface area (TPSA) is 99.6 Å². The summed E-state index contributed by atoms with van der Waals surface area (Å²) in [6.07, 6.45) is 0.756. The predicted molar refractivity (Wildman–Crippen MR) is 140 cm³/mol. The number of carbonyl (C=O) groups excluding carboxylic acids is 1. The Morgan fingerprint density at radius 3 is 2.59 bits per heavy atom. The average Bonchev–Trinajstić information content (AvgIpc) is 3.23. The maximum absolute atomic E-state index is 13.5. The van der Waals surface area contributed by atoms with E-state index >= 15 is 0 Å². The maximum atomic E-state index is 13.5. The van der Waals surface area contributed by atoms with Gasteiger partial charge in [-0.1, -0.05) is 30.3 Å². The summed E-state index contributed by atoms with van der Waals surface area (Å²) >= 11 is 0. The minimum Gasteiger partial charge on any atom is -0.489 e. The number of piperidine rings is 1. The average molecular weight is 505 g/mol. The van der Waals surface area contributed by atoms with E-state index in [1.54, 1.807) is 47.0 Å². The van der Waals surface area contributed by atoms with Crippen molar-refractivity contribution in [1.29, 1.82) is 0 Å². The molecule has 2 heterocycles. The first-order chi connectivity index (χ1) is 18.0. The number of rotatable bonds is 8. The summed E-state index contributed by atoms with van der Waals surface area (Å²) in [5, 5.41) is 13.5. The molecule has 4 aromatic rings. The number of aliphatic hydroxyl groups is 1. The van der Waals surface area contributed by atoms with Crippen molar-refractivity contribution in [2.75, 3.05) is 31.6 Å². The highest BCUT2D eigenvalue weighted by Gasteiger charge is 2.25. The third-order valence-corrected chi connectivity index (χ3v) is 6.67. The number of hydrogen-bond acceptors (Lipinski definition) is 5. The SMILES string of the molecule is O=C(Nc1ccccc1OCC(O)CN1CCC(n2c(=O)[nH]c3cc(F)ccc32)CC1)c1ccccc1. The first-order valence-corrected chi connectivity index (χ1v) is 12.4. The number of H-pyrrole nitrogens is 1. The van der Waals surface area contributed by atoms with Gasteiger partial charge in [-0.25, -0.2) is 9.18 Å². The van der Waals surface area contributed by atoms with Crippen LogP contribution in [0.1, 0.15) is 29.2 Å². The number of carbonyl (C=O) groups is 1. The molecule has 0 spiro atoms. The zero-order valence-electron chi connectivity index (χ0n) is 20.3. The number of fused-ring (bicyclic) bond motifs is 1. The van der Waals surface area contributed by atoms with E-state index in [9.17, 15) is 19.1 Å². The molecule has 0 saturated carbocycles. The fourth-order valence-corrected chi connectivity index (χ4v) is 4.84. The number of aliphatic hydroxyl groups excluding tert-OH is 1. The Morgan fingerprint density at radius 1 is 1.08 bits per heavy atom. The van der Waals surface area contributed by atoms with Crippen LogP contribution in [-0.2, 0) is 0 Å². The molecule has 1 fully saturated rings. The van der Waals surface area contributed by atoms with E-state index < -0.39 is 6.10 Å². The third-order valence-electron chi connectivity index (χ3n) is 6.67. The van der Waals surface area contributed by atoms with Crippen LogP contribution in [0.3, 0.4) is 0 Å². The van der Waals surface area contributed by atoms with Crippen LogP contribution < -0.4 is 15.7 Å². The van der Waals surface area contributed by atoms with Crippen molar-refractivity contribution in [2.45, 2.75) is 25.0 Å². The van der Waals surface area contributed by atoms with E-state index in [0.29, 0.717) is 47.7 Å². The van der Waals surface area contributed by atoms with Gasteiger partial charge in [0.15, 0.2) is 0 Å². The summed E-state index contributed by atoms with van der Waals surface area (Å²) < 4.78 is 21.1. The van der Waals surface area contributed by atoms with E-state index in [0.717, 1.165) is 12.8 Å². The van der Waals surface area contributed by atoms with Crippen LogP contribution in [0.5, 0.6) is 5.75 Å². The fourth-order valence-electron chi connectivity index (χ4n) is 4.84. The third kappa shape index (κ3) is 5.73. The lowest BCUT2D eigenvalue weighted by Gasteiger charge is -2.33. The molecule has 0 aliphatic carbocycles. The number of halogens is 1. The largest absolute Gasteiger partial charge is 0.489 e. The number of amides is 1. The van der Waals surface area contributed by atoms with E-state index in [1.165, 1.54) is 12.1 Å². The van der Waals surface area contributed by atoms with Crippen LogP contribution in [0.15, 0.2) is 77.6 Å². The molecule has 1 amide bonds. The Balaban J connectivity index is 1.14. The Kier molecular flexibility index (Phi) is 7.34. The number of anilines is 1. The van der Waals surface area contributed by atoms with Crippen LogP contribution >= 0.6 is 0 Å². The molecular formula is C28H29FN4O4. The molecule has 9 heteroatoms. The number of likely N-dealkylation sites (tertiary alicyclic amines) is 1. The van der Waals surface area contributed by atoms with Gasteiger partial charge in [-0.15, -0.1) is 0 Å². The number of aromatic nitrogens is 2. The van der Waals surface area contributed by atoms with Gasteiger partial charge in [-0.2, -0.15) is 0 Å². The van der Waals surface area contributed by atoms with Crippen molar-refractivity contribution in [3.63, 3.8) is 0 Å². The van der Waals surface area contributed by atoms with Gasteiger partial charge in [0.05, 0.1) is 16.7 Å². The molecule has 3 aromatic carbocycles. The molecule has 1 atom stereocenters. The summed E-state index contributed by atoms with van der Waals surface area (Å²) in [6.45, 7) is 1.93. The molecule has 37 heavy (non-hydrogen) atoms. The van der Waals surface area contributed by atoms with E-state index in [4.69, 9.17) is 4.74 Å². The van der Waals surface area contributed by atoms with Crippen LogP contribution in [0.4, 0.5) is 10.1 Å². The number of β-amino-alcohol motifs (C(OH)–C–C–N with tert-alkyl or cyclic N) is 1. The maximum Gasteiger partial charge on any atom is 0.326 e. The lowest BCUT2D eigenvalue weighted by molar-refractivity contribution is 0.0561. The molecule has 1 aliphatic heterocycles. The molecule has 0 radical (unpaired) electrons. The smallest absolute Gasteiger partial charge is 0.326 e. The molecule has 0 bridgehead atoms. The van der Waals surface area contributed by atoms with Gasteiger partial charge in [0.25, 0.3) is 5.91 Å². The van der Waals surface area contributed by atoms with Gasteiger partial charge in [0.2, 0.25) is 0 Å². The summed E-state index contributed by atoms with van der Waals surface area (Å²) in [5.74, 6) is -0.132. The Morgan fingerprint density at radius 2 is 1.81 bits per heavy atom. The number of benzene rings is 3. The first kappa shape index (κ1) is 24.7. The molecule has 1 saturated heterocycles. The quantitative estimate of drug-likeness (QED) is 0.339. The highest BCUT2D eigenvalue weighted by atomic mass is 19.1. The minimum atomic E-state index is -0.729. The second-order valence-corrected chi connectivity index (χ2v) is 9.27. The van der Waals surface area contributed by atoms with E-state index in [-0.39, 0.29) is 30.1 Å². The summed E-state index contributed by atoms with van der Waals surface area (Å²) in [7, 11) is 0. The fraction of sp³-hybridized carbons (Fsp3) is 0.286. The Bertz CT molecular complexity index is 1430. The van der Waals surface area contributed by atoms with Gasteiger partial charge in [-0.3, -0.25) is 9.36 Å². The van der Waals surface area contributed by atoms with E-state index in [2.05, 4.69) is 15.2 Å². The van der Waals surface area contributed by atoms with Gasteiger partial charge in [0, 0.05) is 31.2 Å². The Labute approximate surface area is 213 Å². The summed E-state index contributed by atoms with van der Waals surface area (Å²) in [6, 6.07) is 20.4. The van der Waals surface area contributed by atoms with Crippen molar-refractivity contribution in [3.8, 4) is 5.75 Å². The lowest BCUT2D eigenvalue weighted by Crippen LogP contribution is -2.42. The summed E-state index contributed by atoms with van der Waals surface area (Å²) in [4.78, 5) is 29.9. The predicted octanol–water partition coefficient (Wildman–Crippen LogP) is 3.80. The van der Waals surface area contributed by atoms with Crippen molar-refractivity contribution in [3.05, 3.63) is 94.7 Å². The Hall–Kier alpha value is -3.95. The monoisotopic (exact) mass is 504 g/mol. The molecule has 192 valence electrons. The summed E-state index contributed by atoms with van der Waals surface area (Å²) in [5.41, 5.74) is 2.05. The van der Waals surface area contributed by atoms with Crippen LogP contribution in [0.2, 0.25) is 0 Å². The second kappa shape index (κ2) is 11.0. The van der Waals surface area contributed by atoms with Gasteiger partial charge < -0.3 is 25.0 Å². The number of para-hydroxylation sites is 2. The number of imidazole rings is 1. The van der Waals surface area contributed by atoms with Crippen LogP contribution in [0, 0.1) is 5.82 Å². The normalized spacial score (nSPS) is 15.5. The highest BCUT2D eigenvalue weighted by Crippen LogP contribution is 2.27. The van der Waals surface area contributed by atoms with Crippen molar-refractivity contribution >= 4 is 22.6 Å². The molecule has 5 rings (SSSR count). The molecule has 3 N–H and O–H groups in total. The van der Waals surface area contributed by atoms with Gasteiger partial charge in [-0.05, 0) is 55.3 Å². The number of aromatic amines is 1. The van der Waals surface area contributed by atoms with Crippen molar-refractivity contribution in [2.24, 2.45) is 0 Å².